The van der Waals surface area contributed by atoms with Crippen molar-refractivity contribution in [2.75, 3.05) is 5.32 Å². The average molecular weight is 461 g/mol. The number of amides is 2. The Balaban J connectivity index is 1.46. The second-order valence-corrected chi connectivity index (χ2v) is 8.91. The van der Waals surface area contributed by atoms with Gasteiger partial charge in [-0.25, -0.2) is 9.78 Å². The molecule has 5 rings (SSSR count). The number of fused-ring (bicyclic) bond motifs is 2. The van der Waals surface area contributed by atoms with Crippen molar-refractivity contribution in [1.82, 2.24) is 20.1 Å². The molecule has 2 aliphatic heterocycles. The molecular weight excluding hydrogens is 439 g/mol. The van der Waals surface area contributed by atoms with E-state index in [-0.39, 0.29) is 23.2 Å². The molecule has 2 fully saturated rings. The highest BCUT2D eigenvalue weighted by atomic mass is 19.4. The van der Waals surface area contributed by atoms with Crippen LogP contribution in [0.4, 0.5) is 23.7 Å². The summed E-state index contributed by atoms with van der Waals surface area (Å²) in [7, 11) is 0. The summed E-state index contributed by atoms with van der Waals surface area (Å²) in [6.07, 6.45) is -1.12. The molecule has 2 amide bonds. The first kappa shape index (κ1) is 21.5. The lowest BCUT2D eigenvalue weighted by molar-refractivity contribution is -0.137. The van der Waals surface area contributed by atoms with Gasteiger partial charge in [0.25, 0.3) is 0 Å². The summed E-state index contributed by atoms with van der Waals surface area (Å²) in [6, 6.07) is 2.93. The summed E-state index contributed by atoms with van der Waals surface area (Å²) < 4.78 is 51.6. The summed E-state index contributed by atoms with van der Waals surface area (Å²) in [4.78, 5) is 19.0. The molecule has 3 aromatic rings. The standard InChI is InChI=1S/C22H22F3N5O3/c1-11-6-15-9-21(8-11,19-29-28-13(3)33-19)30(15)20(31)27-14-4-5-17(22(23,24)25)16(7-14)18-26-12(2)10-32-18/h4-5,7,10-11,15H,6,8-9H2,1-3H3,(H,27,31)/t11-,15?,21+/m1/s1. The minimum atomic E-state index is -4.61. The summed E-state index contributed by atoms with van der Waals surface area (Å²) in [5.41, 5.74) is -1.19. The van der Waals surface area contributed by atoms with Crippen LogP contribution in [0.1, 0.15) is 49.2 Å². The van der Waals surface area contributed by atoms with E-state index in [1.54, 1.807) is 18.7 Å². The Morgan fingerprint density at radius 3 is 2.67 bits per heavy atom. The van der Waals surface area contributed by atoms with Gasteiger partial charge in [-0.05, 0) is 43.9 Å². The van der Waals surface area contributed by atoms with Gasteiger partial charge in [-0.1, -0.05) is 6.92 Å². The van der Waals surface area contributed by atoms with Crippen LogP contribution in [0.3, 0.4) is 0 Å². The smallest absolute Gasteiger partial charge is 0.417 e. The lowest BCUT2D eigenvalue weighted by Crippen LogP contribution is -2.70. The lowest BCUT2D eigenvalue weighted by atomic mass is 9.64. The van der Waals surface area contributed by atoms with E-state index >= 15 is 0 Å². The first-order chi connectivity index (χ1) is 15.6. The molecule has 1 aromatic carbocycles. The molecule has 174 valence electrons. The Morgan fingerprint density at radius 1 is 1.24 bits per heavy atom. The van der Waals surface area contributed by atoms with Gasteiger partial charge in [-0.2, -0.15) is 13.2 Å². The number of benzene rings is 1. The maximum atomic E-state index is 13.6. The summed E-state index contributed by atoms with van der Waals surface area (Å²) >= 11 is 0. The molecule has 33 heavy (non-hydrogen) atoms. The fraction of sp³-hybridized carbons (Fsp3) is 0.455. The molecule has 11 heteroatoms. The minimum Gasteiger partial charge on any atom is -0.444 e. The quantitative estimate of drug-likeness (QED) is 0.569. The van der Waals surface area contributed by atoms with E-state index in [1.807, 2.05) is 0 Å². The maximum absolute atomic E-state index is 13.6. The fourth-order valence-corrected chi connectivity index (χ4v) is 5.14. The summed E-state index contributed by atoms with van der Waals surface area (Å²) in [5, 5.41) is 10.8. The highest BCUT2D eigenvalue weighted by Gasteiger charge is 2.62. The molecule has 1 unspecified atom stereocenters. The molecule has 2 aliphatic rings. The molecule has 0 spiro atoms. The van der Waals surface area contributed by atoms with Crippen molar-refractivity contribution in [2.45, 2.75) is 57.8 Å². The van der Waals surface area contributed by atoms with E-state index in [2.05, 4.69) is 27.4 Å². The van der Waals surface area contributed by atoms with Crippen LogP contribution in [0.15, 0.2) is 33.3 Å². The van der Waals surface area contributed by atoms with E-state index < -0.39 is 23.3 Å². The number of halogens is 3. The number of oxazole rings is 1. The molecule has 3 atom stereocenters. The zero-order valence-electron chi connectivity index (χ0n) is 18.2. The van der Waals surface area contributed by atoms with Crippen LogP contribution in [0.2, 0.25) is 0 Å². The number of hydrogen-bond acceptors (Lipinski definition) is 6. The molecule has 0 saturated carbocycles. The third-order valence-electron chi connectivity index (χ3n) is 6.33. The van der Waals surface area contributed by atoms with Gasteiger partial charge >= 0.3 is 12.2 Å². The van der Waals surface area contributed by atoms with Crippen molar-refractivity contribution < 1.29 is 26.8 Å². The third kappa shape index (κ3) is 3.55. The number of nitrogens with one attached hydrogen (secondary N) is 1. The molecule has 0 radical (unpaired) electrons. The van der Waals surface area contributed by atoms with Crippen LogP contribution < -0.4 is 5.32 Å². The average Bonchev–Trinajstić information content (AvgIpc) is 3.35. The molecule has 2 saturated heterocycles. The predicted molar refractivity (Wildman–Crippen MR) is 110 cm³/mol. The van der Waals surface area contributed by atoms with E-state index in [0.717, 1.165) is 12.5 Å². The fourth-order valence-electron chi connectivity index (χ4n) is 5.14. The van der Waals surface area contributed by atoms with Crippen LogP contribution in [0.25, 0.3) is 11.5 Å². The van der Waals surface area contributed by atoms with Crippen molar-refractivity contribution in [3.8, 4) is 11.5 Å². The number of alkyl halides is 3. The monoisotopic (exact) mass is 461 g/mol. The number of nitrogens with zero attached hydrogens (tertiary/aromatic N) is 4. The molecule has 0 aliphatic carbocycles. The number of rotatable bonds is 3. The Hall–Kier alpha value is -3.37. The number of hydrogen-bond donors (Lipinski definition) is 1. The van der Waals surface area contributed by atoms with Gasteiger partial charge in [-0.3, -0.25) is 0 Å². The van der Waals surface area contributed by atoms with E-state index in [9.17, 15) is 18.0 Å². The number of aryl methyl sites for hydroxylation is 2. The number of urea groups is 1. The van der Waals surface area contributed by atoms with Gasteiger partial charge in [0.05, 0.1) is 16.8 Å². The largest absolute Gasteiger partial charge is 0.444 e. The Kier molecular flexibility index (Phi) is 4.77. The zero-order chi connectivity index (χ0) is 23.5. The van der Waals surface area contributed by atoms with Crippen molar-refractivity contribution in [3.05, 3.63) is 47.5 Å². The van der Waals surface area contributed by atoms with Crippen LogP contribution in [-0.2, 0) is 11.7 Å². The van der Waals surface area contributed by atoms with Crippen molar-refractivity contribution in [3.63, 3.8) is 0 Å². The second kappa shape index (κ2) is 7.32. The number of anilines is 1. The maximum Gasteiger partial charge on any atom is 0.417 e. The molecule has 2 bridgehead atoms. The molecule has 4 heterocycles. The van der Waals surface area contributed by atoms with Crippen LogP contribution >= 0.6 is 0 Å². The molecule has 8 nitrogen and oxygen atoms in total. The number of aromatic nitrogens is 3. The second-order valence-electron chi connectivity index (χ2n) is 8.91. The Morgan fingerprint density at radius 2 is 2.03 bits per heavy atom. The number of carbonyl (C=O) groups is 1. The minimum absolute atomic E-state index is 0.00994. The first-order valence-corrected chi connectivity index (χ1v) is 10.6. The van der Waals surface area contributed by atoms with Gasteiger partial charge < -0.3 is 19.1 Å². The van der Waals surface area contributed by atoms with Gasteiger partial charge in [-0.15, -0.1) is 10.2 Å². The first-order valence-electron chi connectivity index (χ1n) is 10.6. The van der Waals surface area contributed by atoms with E-state index in [1.165, 1.54) is 18.4 Å². The van der Waals surface area contributed by atoms with Gasteiger partial charge in [0.1, 0.15) is 11.8 Å². The highest BCUT2D eigenvalue weighted by Crippen LogP contribution is 2.55. The summed E-state index contributed by atoms with van der Waals surface area (Å²) in [6.45, 7) is 5.42. The zero-order valence-corrected chi connectivity index (χ0v) is 18.2. The number of piperidine rings is 1. The van der Waals surface area contributed by atoms with Crippen LogP contribution in [-0.4, -0.2) is 32.2 Å². The van der Waals surface area contributed by atoms with Crippen LogP contribution in [0.5, 0.6) is 0 Å². The van der Waals surface area contributed by atoms with Gasteiger partial charge in [0.2, 0.25) is 17.7 Å². The third-order valence-corrected chi connectivity index (χ3v) is 6.33. The highest BCUT2D eigenvalue weighted by molar-refractivity contribution is 5.92. The van der Waals surface area contributed by atoms with E-state index in [0.29, 0.717) is 36.2 Å². The lowest BCUT2D eigenvalue weighted by Gasteiger charge is -2.61. The molecule has 1 N–H and O–H groups in total. The predicted octanol–water partition coefficient (Wildman–Crippen LogP) is 5.29. The summed E-state index contributed by atoms with van der Waals surface area (Å²) in [5.74, 6) is 1.01. The van der Waals surface area contributed by atoms with Crippen molar-refractivity contribution >= 4 is 11.7 Å². The molecular formula is C22H22F3N5O3. The number of carbonyl (C=O) groups excluding carboxylic acids is 1. The Labute approximate surface area is 187 Å². The SMILES string of the molecule is Cc1coc(-c2cc(NC(=O)N3C4C[C@@H](C)C[C@@]3(c3nnc(C)o3)C4)ccc2C(F)(F)F)n1. The van der Waals surface area contributed by atoms with Gasteiger partial charge in [0, 0.05) is 25.1 Å². The Bertz CT molecular complexity index is 1220. The van der Waals surface area contributed by atoms with Crippen LogP contribution in [0, 0.1) is 19.8 Å². The van der Waals surface area contributed by atoms with Crippen molar-refractivity contribution in [2.24, 2.45) is 5.92 Å². The topological polar surface area (TPSA) is 97.3 Å². The normalized spacial score (nSPS) is 24.5. The molecule has 2 aromatic heterocycles. The van der Waals surface area contributed by atoms with Crippen molar-refractivity contribution in [1.29, 1.82) is 0 Å². The van der Waals surface area contributed by atoms with E-state index in [4.69, 9.17) is 8.83 Å². The van der Waals surface area contributed by atoms with Gasteiger partial charge in [0.15, 0.2) is 0 Å².